The maximum Gasteiger partial charge on any atom is 0.247 e. The molecule has 1 aliphatic carbocycles. The van der Waals surface area contributed by atoms with E-state index >= 15 is 0 Å². The Morgan fingerprint density at radius 3 is 2.17 bits per heavy atom. The molecule has 7 heteroatoms. The van der Waals surface area contributed by atoms with Gasteiger partial charge in [0.1, 0.15) is 5.75 Å². The number of rotatable bonds is 6. The lowest BCUT2D eigenvalue weighted by atomic mass is 10.0. The molecule has 0 radical (unpaired) electrons. The van der Waals surface area contributed by atoms with Gasteiger partial charge in [-0.2, -0.15) is 0 Å². The number of methoxy groups -OCH3 is 1. The number of amides is 1. The highest BCUT2D eigenvalue weighted by Crippen LogP contribution is 2.37. The van der Waals surface area contributed by atoms with Crippen LogP contribution in [-0.2, 0) is 4.79 Å². The summed E-state index contributed by atoms with van der Waals surface area (Å²) in [6.07, 6.45) is 6.33. The molecule has 1 aromatic carbocycles. The average Bonchev–Trinajstić information content (AvgIpc) is 3.60. The third-order valence-electron chi connectivity index (χ3n) is 6.52. The molecule has 2 aliphatic heterocycles. The van der Waals surface area contributed by atoms with Gasteiger partial charge in [-0.15, -0.1) is 0 Å². The third kappa shape index (κ3) is 4.51. The van der Waals surface area contributed by atoms with Gasteiger partial charge in [-0.25, -0.2) is 0 Å². The minimum Gasteiger partial charge on any atom is -0.495 e. The van der Waals surface area contributed by atoms with Crippen molar-refractivity contribution in [3.63, 3.8) is 0 Å². The van der Waals surface area contributed by atoms with Gasteiger partial charge in [-0.05, 0) is 37.8 Å². The van der Waals surface area contributed by atoms with Gasteiger partial charge in [0.25, 0.3) is 0 Å². The number of hydrogen-bond donors (Lipinski definition) is 2. The fourth-order valence-electron chi connectivity index (χ4n) is 4.69. The minimum atomic E-state index is -0.237. The molecule has 1 amide bonds. The summed E-state index contributed by atoms with van der Waals surface area (Å²) in [5.41, 5.74) is 8.26. The van der Waals surface area contributed by atoms with E-state index in [2.05, 4.69) is 26.6 Å². The predicted molar refractivity (Wildman–Crippen MR) is 118 cm³/mol. The SMILES string of the molecule is C=CC(=O)Nc1cc(N)c(OC)cc1N1CCC(N2CCN(C3CC3)CC2)CC1. The summed E-state index contributed by atoms with van der Waals surface area (Å²) in [7, 11) is 1.62. The summed E-state index contributed by atoms with van der Waals surface area (Å²) in [6, 6.07) is 5.24. The number of carbonyl (C=O) groups excluding carboxylic acids is 1. The highest BCUT2D eigenvalue weighted by Gasteiger charge is 2.34. The lowest BCUT2D eigenvalue weighted by Crippen LogP contribution is -2.53. The molecule has 0 atom stereocenters. The molecule has 2 saturated heterocycles. The van der Waals surface area contributed by atoms with Crippen LogP contribution >= 0.6 is 0 Å². The van der Waals surface area contributed by atoms with E-state index in [4.69, 9.17) is 10.5 Å². The molecule has 1 aromatic rings. The van der Waals surface area contributed by atoms with Gasteiger partial charge in [0, 0.05) is 57.4 Å². The summed E-state index contributed by atoms with van der Waals surface area (Å²) in [6.45, 7) is 10.3. The summed E-state index contributed by atoms with van der Waals surface area (Å²) in [5, 5.41) is 2.90. The van der Waals surface area contributed by atoms with Crippen molar-refractivity contribution in [2.45, 2.75) is 37.8 Å². The van der Waals surface area contributed by atoms with Crippen LogP contribution in [-0.4, -0.2) is 74.2 Å². The van der Waals surface area contributed by atoms with Gasteiger partial charge in [-0.1, -0.05) is 6.58 Å². The molecule has 29 heavy (non-hydrogen) atoms. The molecular weight excluding hydrogens is 366 g/mol. The highest BCUT2D eigenvalue weighted by molar-refractivity contribution is 6.02. The largest absolute Gasteiger partial charge is 0.495 e. The number of anilines is 3. The van der Waals surface area contributed by atoms with Crippen molar-refractivity contribution < 1.29 is 9.53 Å². The maximum absolute atomic E-state index is 11.9. The molecule has 3 aliphatic rings. The lowest BCUT2D eigenvalue weighted by Gasteiger charge is -2.43. The zero-order valence-corrected chi connectivity index (χ0v) is 17.4. The molecule has 0 aromatic heterocycles. The van der Waals surface area contributed by atoms with Crippen LogP contribution in [0, 0.1) is 0 Å². The van der Waals surface area contributed by atoms with Crippen LogP contribution in [0.4, 0.5) is 17.1 Å². The smallest absolute Gasteiger partial charge is 0.247 e. The fourth-order valence-corrected chi connectivity index (χ4v) is 4.69. The Bertz CT molecular complexity index is 748. The maximum atomic E-state index is 11.9. The van der Waals surface area contributed by atoms with Crippen LogP contribution in [0.3, 0.4) is 0 Å². The molecule has 3 N–H and O–H groups in total. The molecule has 2 heterocycles. The average molecular weight is 400 g/mol. The molecule has 0 spiro atoms. The van der Waals surface area contributed by atoms with Crippen LogP contribution in [0.5, 0.6) is 5.75 Å². The number of nitrogens with two attached hydrogens (primary N) is 1. The van der Waals surface area contributed by atoms with Crippen molar-refractivity contribution in [3.8, 4) is 5.75 Å². The summed E-state index contributed by atoms with van der Waals surface area (Å²) < 4.78 is 5.42. The normalized spacial score (nSPS) is 21.8. The Labute approximate surface area is 173 Å². The number of ether oxygens (including phenoxy) is 1. The summed E-state index contributed by atoms with van der Waals surface area (Å²) in [4.78, 5) is 19.6. The Kier molecular flexibility index (Phi) is 5.96. The first kappa shape index (κ1) is 20.0. The van der Waals surface area contributed by atoms with Crippen molar-refractivity contribution >= 4 is 23.0 Å². The van der Waals surface area contributed by atoms with Gasteiger partial charge in [0.15, 0.2) is 0 Å². The van der Waals surface area contributed by atoms with Crippen LogP contribution in [0.25, 0.3) is 0 Å². The minimum absolute atomic E-state index is 0.237. The predicted octanol–water partition coefficient (Wildman–Crippen LogP) is 2.15. The molecule has 158 valence electrons. The lowest BCUT2D eigenvalue weighted by molar-refractivity contribution is -0.111. The number of piperidine rings is 1. The van der Waals surface area contributed by atoms with Crippen LogP contribution < -0.4 is 20.7 Å². The van der Waals surface area contributed by atoms with Gasteiger partial charge in [0.05, 0.1) is 24.2 Å². The monoisotopic (exact) mass is 399 g/mol. The second-order valence-corrected chi connectivity index (χ2v) is 8.33. The van der Waals surface area contributed by atoms with Crippen LogP contribution in [0.1, 0.15) is 25.7 Å². The topological polar surface area (TPSA) is 74.1 Å². The Hall–Kier alpha value is -2.25. The second kappa shape index (κ2) is 8.63. The van der Waals surface area contributed by atoms with E-state index in [1.54, 1.807) is 13.2 Å². The molecule has 3 fully saturated rings. The molecular formula is C22H33N5O2. The number of piperazine rings is 1. The zero-order valence-electron chi connectivity index (χ0n) is 17.4. The number of nitrogen functional groups attached to an aromatic ring is 1. The first-order valence-electron chi connectivity index (χ1n) is 10.7. The van der Waals surface area contributed by atoms with Crippen LogP contribution in [0.2, 0.25) is 0 Å². The van der Waals surface area contributed by atoms with Crippen LogP contribution in [0.15, 0.2) is 24.8 Å². The van der Waals surface area contributed by atoms with E-state index in [9.17, 15) is 4.79 Å². The Morgan fingerprint density at radius 1 is 1.07 bits per heavy atom. The van der Waals surface area contributed by atoms with Crippen molar-refractivity contribution in [3.05, 3.63) is 24.8 Å². The van der Waals surface area contributed by atoms with Crippen molar-refractivity contribution in [1.82, 2.24) is 9.80 Å². The van der Waals surface area contributed by atoms with E-state index in [1.807, 2.05) is 6.07 Å². The molecule has 7 nitrogen and oxygen atoms in total. The standard InChI is InChI=1S/C22H33N5O2/c1-3-22(28)24-19-14-18(23)21(29-2)15-20(19)27-8-6-17(7-9-27)26-12-10-25(11-13-26)16-4-5-16/h3,14-17H,1,4-13,23H2,2H3,(H,24,28). The zero-order chi connectivity index (χ0) is 20.4. The fraction of sp³-hybridized carbons (Fsp3) is 0.591. The quantitative estimate of drug-likeness (QED) is 0.564. The van der Waals surface area contributed by atoms with Crippen molar-refractivity contribution in [2.75, 3.05) is 62.3 Å². The molecule has 0 bridgehead atoms. The number of hydrogen-bond acceptors (Lipinski definition) is 6. The van der Waals surface area contributed by atoms with Gasteiger partial charge in [-0.3, -0.25) is 14.6 Å². The first-order chi connectivity index (χ1) is 14.1. The van der Waals surface area contributed by atoms with Crippen molar-refractivity contribution in [1.29, 1.82) is 0 Å². The van der Waals surface area contributed by atoms with Gasteiger partial charge < -0.3 is 20.7 Å². The van der Waals surface area contributed by atoms with Crippen molar-refractivity contribution in [2.24, 2.45) is 0 Å². The highest BCUT2D eigenvalue weighted by atomic mass is 16.5. The van der Waals surface area contributed by atoms with E-state index in [1.165, 1.54) is 45.1 Å². The summed E-state index contributed by atoms with van der Waals surface area (Å²) in [5.74, 6) is 0.397. The molecule has 0 unspecified atom stereocenters. The Balaban J connectivity index is 1.40. The van der Waals surface area contributed by atoms with E-state index in [0.717, 1.165) is 37.7 Å². The number of benzene rings is 1. The van der Waals surface area contributed by atoms with Gasteiger partial charge in [0.2, 0.25) is 5.91 Å². The molecule has 1 saturated carbocycles. The van der Waals surface area contributed by atoms with E-state index in [0.29, 0.717) is 23.2 Å². The first-order valence-corrected chi connectivity index (χ1v) is 10.7. The summed E-state index contributed by atoms with van der Waals surface area (Å²) >= 11 is 0. The molecule has 4 rings (SSSR count). The number of carbonyl (C=O) groups is 1. The third-order valence-corrected chi connectivity index (χ3v) is 6.52. The van der Waals surface area contributed by atoms with Gasteiger partial charge >= 0.3 is 0 Å². The second-order valence-electron chi connectivity index (χ2n) is 8.33. The van der Waals surface area contributed by atoms with E-state index < -0.39 is 0 Å². The number of nitrogens with zero attached hydrogens (tertiary/aromatic N) is 3. The Morgan fingerprint density at radius 2 is 1.66 bits per heavy atom. The van der Waals surface area contributed by atoms with E-state index in [-0.39, 0.29) is 5.91 Å². The number of nitrogens with one attached hydrogen (secondary N) is 1.